The molecule has 0 aliphatic carbocycles. The van der Waals surface area contributed by atoms with Gasteiger partial charge in [-0.2, -0.15) is 8.42 Å². The van der Waals surface area contributed by atoms with Gasteiger partial charge in [0.1, 0.15) is 0 Å². The second-order valence-corrected chi connectivity index (χ2v) is 4.61. The largest absolute Gasteiger partial charge is 0.358 e. The standard InChI is InChI=1S/C6H13NO3S2/c1-4-5-10-12(8,9)6(11)7(2)3/h4-5H2,1-3H3. The smallest absolute Gasteiger partial charge is 0.323 e. The monoisotopic (exact) mass is 211 g/mol. The van der Waals surface area contributed by atoms with Crippen LogP contribution >= 0.6 is 12.2 Å². The van der Waals surface area contributed by atoms with E-state index >= 15 is 0 Å². The fraction of sp³-hybridized carbons (Fsp3) is 0.833. The van der Waals surface area contributed by atoms with Crippen molar-refractivity contribution in [3.63, 3.8) is 0 Å². The fourth-order valence-corrected chi connectivity index (χ4v) is 1.55. The van der Waals surface area contributed by atoms with Crippen LogP contribution in [0.5, 0.6) is 0 Å². The van der Waals surface area contributed by atoms with Crippen molar-refractivity contribution in [2.45, 2.75) is 13.3 Å². The maximum absolute atomic E-state index is 11.1. The van der Waals surface area contributed by atoms with Crippen molar-refractivity contribution in [2.24, 2.45) is 0 Å². The van der Waals surface area contributed by atoms with Crippen molar-refractivity contribution in [3.8, 4) is 0 Å². The van der Waals surface area contributed by atoms with Gasteiger partial charge in [0.15, 0.2) is 0 Å². The summed E-state index contributed by atoms with van der Waals surface area (Å²) in [5, 5.41) is 0. The van der Waals surface area contributed by atoms with E-state index in [0.29, 0.717) is 6.42 Å². The normalized spacial score (nSPS) is 11.2. The van der Waals surface area contributed by atoms with Crippen molar-refractivity contribution < 1.29 is 12.6 Å². The summed E-state index contributed by atoms with van der Waals surface area (Å²) in [7, 11) is -0.535. The van der Waals surface area contributed by atoms with Gasteiger partial charge in [-0.05, 0) is 18.6 Å². The molecule has 0 amide bonds. The van der Waals surface area contributed by atoms with Crippen LogP contribution in [0.25, 0.3) is 0 Å². The first-order valence-electron chi connectivity index (χ1n) is 3.52. The molecular formula is C6H13NO3S2. The van der Waals surface area contributed by atoms with Gasteiger partial charge in [-0.1, -0.05) is 6.92 Å². The maximum atomic E-state index is 11.1. The third kappa shape index (κ3) is 3.46. The lowest BCUT2D eigenvalue weighted by Gasteiger charge is -2.12. The Morgan fingerprint density at radius 1 is 1.50 bits per heavy atom. The van der Waals surface area contributed by atoms with E-state index in [9.17, 15) is 8.42 Å². The highest BCUT2D eigenvalue weighted by Gasteiger charge is 2.19. The molecule has 0 fully saturated rings. The zero-order chi connectivity index (χ0) is 9.78. The molecule has 0 aliphatic heterocycles. The molecule has 0 radical (unpaired) electrons. The van der Waals surface area contributed by atoms with Gasteiger partial charge in [0.2, 0.25) is 4.32 Å². The van der Waals surface area contributed by atoms with E-state index in [-0.39, 0.29) is 10.9 Å². The summed E-state index contributed by atoms with van der Waals surface area (Å²) in [6, 6.07) is 0. The van der Waals surface area contributed by atoms with Crippen LogP contribution in [0.3, 0.4) is 0 Å². The zero-order valence-electron chi connectivity index (χ0n) is 7.40. The summed E-state index contributed by atoms with van der Waals surface area (Å²) in [5.74, 6) is 0. The number of hydrogen-bond donors (Lipinski definition) is 0. The minimum absolute atomic E-state index is 0.177. The Morgan fingerprint density at radius 3 is 2.33 bits per heavy atom. The maximum Gasteiger partial charge on any atom is 0.323 e. The highest BCUT2D eigenvalue weighted by atomic mass is 32.2. The molecule has 0 aromatic rings. The molecule has 0 aromatic carbocycles. The Balaban J connectivity index is 4.32. The molecule has 0 atom stereocenters. The lowest BCUT2D eigenvalue weighted by atomic mass is 10.5. The molecule has 0 heterocycles. The lowest BCUT2D eigenvalue weighted by molar-refractivity contribution is 0.324. The minimum Gasteiger partial charge on any atom is -0.358 e. The molecular weight excluding hydrogens is 198 g/mol. The van der Waals surface area contributed by atoms with Gasteiger partial charge in [0, 0.05) is 14.1 Å². The Labute approximate surface area is 78.6 Å². The average Bonchev–Trinajstić information content (AvgIpc) is 1.99. The second kappa shape index (κ2) is 4.74. The van der Waals surface area contributed by atoms with E-state index in [1.54, 1.807) is 14.1 Å². The quantitative estimate of drug-likeness (QED) is 0.505. The molecule has 0 unspecified atom stereocenters. The third-order valence-corrected chi connectivity index (χ3v) is 3.27. The highest BCUT2D eigenvalue weighted by Crippen LogP contribution is 2.00. The molecule has 0 aliphatic rings. The third-order valence-electron chi connectivity index (χ3n) is 1.02. The Kier molecular flexibility index (Phi) is 4.66. The molecule has 0 aromatic heterocycles. The van der Waals surface area contributed by atoms with Crippen molar-refractivity contribution in [2.75, 3.05) is 20.7 Å². The molecule has 6 heteroatoms. The Hall–Kier alpha value is -0.200. The summed E-state index contributed by atoms with van der Waals surface area (Å²) < 4.78 is 26.7. The van der Waals surface area contributed by atoms with Crippen LogP contribution in [-0.2, 0) is 14.3 Å². The highest BCUT2D eigenvalue weighted by molar-refractivity contribution is 8.14. The molecule has 0 spiro atoms. The Bertz CT molecular complexity index is 246. The van der Waals surface area contributed by atoms with Gasteiger partial charge in [0.05, 0.1) is 6.61 Å². The van der Waals surface area contributed by atoms with Crippen LogP contribution in [0.1, 0.15) is 13.3 Å². The molecule has 12 heavy (non-hydrogen) atoms. The van der Waals surface area contributed by atoms with Gasteiger partial charge in [-0.3, -0.25) is 4.18 Å². The van der Waals surface area contributed by atoms with E-state index in [0.717, 1.165) is 0 Å². The predicted octanol–water partition coefficient (Wildman–Crippen LogP) is 0.589. The van der Waals surface area contributed by atoms with Crippen molar-refractivity contribution in [1.82, 2.24) is 4.90 Å². The first-order chi connectivity index (χ1) is 5.41. The van der Waals surface area contributed by atoms with Crippen molar-refractivity contribution >= 4 is 26.7 Å². The van der Waals surface area contributed by atoms with Crippen LogP contribution in [0.15, 0.2) is 0 Å². The van der Waals surface area contributed by atoms with Gasteiger partial charge in [0.25, 0.3) is 0 Å². The molecule has 0 saturated carbocycles. The van der Waals surface area contributed by atoms with Gasteiger partial charge < -0.3 is 4.90 Å². The van der Waals surface area contributed by atoms with Crippen molar-refractivity contribution in [1.29, 1.82) is 0 Å². The number of thiocarbonyl (C=S) groups is 1. The molecule has 72 valence electrons. The van der Waals surface area contributed by atoms with Crippen molar-refractivity contribution in [3.05, 3.63) is 0 Å². The SMILES string of the molecule is CCCOS(=O)(=O)C(=S)N(C)C. The molecule has 0 saturated heterocycles. The van der Waals surface area contributed by atoms with Crippen LogP contribution in [0, 0.1) is 0 Å². The topological polar surface area (TPSA) is 46.6 Å². The number of nitrogens with zero attached hydrogens (tertiary/aromatic N) is 1. The Morgan fingerprint density at radius 2 is 2.00 bits per heavy atom. The van der Waals surface area contributed by atoms with Gasteiger partial charge in [-0.25, -0.2) is 0 Å². The molecule has 4 nitrogen and oxygen atoms in total. The van der Waals surface area contributed by atoms with Gasteiger partial charge >= 0.3 is 10.1 Å². The van der Waals surface area contributed by atoms with Crippen LogP contribution in [0.4, 0.5) is 0 Å². The van der Waals surface area contributed by atoms with Crippen LogP contribution in [0.2, 0.25) is 0 Å². The second-order valence-electron chi connectivity index (χ2n) is 2.44. The van der Waals surface area contributed by atoms with E-state index in [2.05, 4.69) is 16.4 Å². The van der Waals surface area contributed by atoms with E-state index in [4.69, 9.17) is 0 Å². The minimum atomic E-state index is -3.66. The van der Waals surface area contributed by atoms with E-state index in [1.807, 2.05) is 6.92 Å². The number of hydrogen-bond acceptors (Lipinski definition) is 4. The summed E-state index contributed by atoms with van der Waals surface area (Å²) in [6.45, 7) is 2.00. The first-order valence-corrected chi connectivity index (χ1v) is 5.34. The van der Waals surface area contributed by atoms with E-state index < -0.39 is 10.1 Å². The molecule has 0 bridgehead atoms. The average molecular weight is 211 g/mol. The first kappa shape index (κ1) is 11.8. The summed E-state index contributed by atoms with van der Waals surface area (Å²) in [5.41, 5.74) is 0. The lowest BCUT2D eigenvalue weighted by Crippen LogP contribution is -2.29. The number of rotatable bonds is 3. The van der Waals surface area contributed by atoms with E-state index in [1.165, 1.54) is 4.90 Å². The molecule has 0 rings (SSSR count). The van der Waals surface area contributed by atoms with Crippen LogP contribution in [-0.4, -0.2) is 38.3 Å². The predicted molar refractivity (Wildman–Crippen MR) is 51.4 cm³/mol. The summed E-state index contributed by atoms with van der Waals surface area (Å²) >= 11 is 4.64. The summed E-state index contributed by atoms with van der Waals surface area (Å²) in [4.78, 5) is 1.33. The molecule has 0 N–H and O–H groups in total. The zero-order valence-corrected chi connectivity index (χ0v) is 9.04. The summed E-state index contributed by atoms with van der Waals surface area (Å²) in [6.07, 6.45) is 0.648. The van der Waals surface area contributed by atoms with Crippen LogP contribution < -0.4 is 0 Å². The fourth-order valence-electron chi connectivity index (χ4n) is 0.467. The van der Waals surface area contributed by atoms with Gasteiger partial charge in [-0.15, -0.1) is 0 Å².